The first-order valence-corrected chi connectivity index (χ1v) is 14.6. The van der Waals surface area contributed by atoms with E-state index in [0.717, 1.165) is 64.2 Å². The van der Waals surface area contributed by atoms with Gasteiger partial charge in [-0.05, 0) is 75.1 Å². The lowest BCUT2D eigenvalue weighted by atomic mass is 9.81. The molecule has 1 aromatic carbocycles. The molecule has 9 heteroatoms. The highest BCUT2D eigenvalue weighted by molar-refractivity contribution is 5.87. The van der Waals surface area contributed by atoms with Crippen molar-refractivity contribution in [2.75, 3.05) is 13.2 Å². The number of rotatable bonds is 19. The number of hydrogen-bond donors (Lipinski definition) is 4. The van der Waals surface area contributed by atoms with Gasteiger partial charge in [-0.15, -0.1) is 0 Å². The quantitative estimate of drug-likeness (QED) is 0.175. The molecule has 0 unspecified atom stereocenters. The first-order chi connectivity index (χ1) is 18.8. The highest BCUT2D eigenvalue weighted by Gasteiger charge is 2.28. The van der Waals surface area contributed by atoms with Crippen LogP contribution in [0.5, 0.6) is 5.75 Å². The smallest absolute Gasteiger partial charge is 0.335 e. The van der Waals surface area contributed by atoms with Crippen molar-refractivity contribution >= 4 is 23.8 Å². The molecule has 0 spiro atoms. The number of carbonyl (C=O) groups excluding carboxylic acids is 2. The summed E-state index contributed by atoms with van der Waals surface area (Å²) >= 11 is 0. The largest absolute Gasteiger partial charge is 0.494 e. The summed E-state index contributed by atoms with van der Waals surface area (Å²) in [6, 6.07) is 5.65. The van der Waals surface area contributed by atoms with Crippen molar-refractivity contribution in [1.29, 1.82) is 0 Å². The van der Waals surface area contributed by atoms with E-state index in [2.05, 4.69) is 10.6 Å². The van der Waals surface area contributed by atoms with E-state index in [1.54, 1.807) is 31.2 Å². The van der Waals surface area contributed by atoms with E-state index in [1.165, 1.54) is 12.8 Å². The van der Waals surface area contributed by atoms with Crippen LogP contribution in [0.2, 0.25) is 0 Å². The Morgan fingerprint density at radius 2 is 1.46 bits per heavy atom. The van der Waals surface area contributed by atoms with Gasteiger partial charge in [0.05, 0.1) is 12.2 Å². The van der Waals surface area contributed by atoms with Gasteiger partial charge in [0.2, 0.25) is 11.8 Å². The van der Waals surface area contributed by atoms with Crippen LogP contribution in [-0.4, -0.2) is 53.2 Å². The Hall–Kier alpha value is -3.10. The predicted molar refractivity (Wildman–Crippen MR) is 149 cm³/mol. The Labute approximate surface area is 232 Å². The molecule has 0 heterocycles. The fourth-order valence-corrected chi connectivity index (χ4v) is 4.94. The number of amides is 2. The van der Waals surface area contributed by atoms with Crippen molar-refractivity contribution in [2.24, 2.45) is 11.8 Å². The normalized spacial score (nSPS) is 17.7. The van der Waals surface area contributed by atoms with Gasteiger partial charge >= 0.3 is 11.9 Å². The van der Waals surface area contributed by atoms with Gasteiger partial charge in [0.1, 0.15) is 11.8 Å². The minimum Gasteiger partial charge on any atom is -0.494 e. The lowest BCUT2D eigenvalue weighted by Crippen LogP contribution is -2.44. The van der Waals surface area contributed by atoms with Crippen molar-refractivity contribution in [1.82, 2.24) is 10.6 Å². The number of nitrogens with one attached hydrogen (secondary N) is 2. The van der Waals surface area contributed by atoms with E-state index in [1.807, 2.05) is 0 Å². The molecule has 0 radical (unpaired) electrons. The lowest BCUT2D eigenvalue weighted by molar-refractivity contribution is -0.142. The van der Waals surface area contributed by atoms with Crippen LogP contribution in [0.1, 0.15) is 107 Å². The molecule has 0 saturated heterocycles. The number of carboxylic acids is 2. The van der Waals surface area contributed by atoms with Crippen LogP contribution in [0, 0.1) is 11.8 Å². The molecule has 1 saturated carbocycles. The van der Waals surface area contributed by atoms with Gasteiger partial charge in [0.15, 0.2) is 0 Å². The van der Waals surface area contributed by atoms with Gasteiger partial charge in [0, 0.05) is 18.9 Å². The highest BCUT2D eigenvalue weighted by Crippen LogP contribution is 2.28. The second kappa shape index (κ2) is 18.2. The van der Waals surface area contributed by atoms with E-state index in [4.69, 9.17) is 14.9 Å². The molecule has 218 valence electrons. The third-order valence-electron chi connectivity index (χ3n) is 7.50. The third kappa shape index (κ3) is 13.0. The van der Waals surface area contributed by atoms with Gasteiger partial charge in [-0.2, -0.15) is 0 Å². The van der Waals surface area contributed by atoms with Crippen LogP contribution < -0.4 is 15.4 Å². The molecule has 0 aromatic heterocycles. The first kappa shape index (κ1) is 32.1. The summed E-state index contributed by atoms with van der Waals surface area (Å²) < 4.78 is 5.65. The van der Waals surface area contributed by atoms with Gasteiger partial charge in [-0.1, -0.05) is 45.4 Å². The van der Waals surface area contributed by atoms with Crippen LogP contribution in [0.3, 0.4) is 0 Å². The maximum atomic E-state index is 12.3. The van der Waals surface area contributed by atoms with E-state index in [0.29, 0.717) is 37.7 Å². The number of aromatic carboxylic acids is 1. The van der Waals surface area contributed by atoms with Crippen molar-refractivity contribution in [3.05, 3.63) is 29.8 Å². The molecule has 39 heavy (non-hydrogen) atoms. The minimum atomic E-state index is -0.995. The van der Waals surface area contributed by atoms with E-state index < -0.39 is 18.0 Å². The SMILES string of the molecule is CC[C@H](NC(=O)[C@H]1CC[C@H](CNC(=O)CCCCCCCCCCOc2ccc(C(=O)O)cc2)CC1)C(=O)O. The van der Waals surface area contributed by atoms with E-state index >= 15 is 0 Å². The molecule has 9 nitrogen and oxygen atoms in total. The summed E-state index contributed by atoms with van der Waals surface area (Å²) in [5.74, 6) is -1.06. The lowest BCUT2D eigenvalue weighted by Gasteiger charge is -2.28. The van der Waals surface area contributed by atoms with Crippen LogP contribution in [0.25, 0.3) is 0 Å². The summed E-state index contributed by atoms with van der Waals surface area (Å²) in [6.07, 6.45) is 12.8. The van der Waals surface area contributed by atoms with Gasteiger partial charge in [-0.3, -0.25) is 9.59 Å². The Morgan fingerprint density at radius 1 is 0.872 bits per heavy atom. The molecular weight excluding hydrogens is 500 g/mol. The van der Waals surface area contributed by atoms with Gasteiger partial charge in [0.25, 0.3) is 0 Å². The molecule has 1 aliphatic carbocycles. The number of ether oxygens (including phenoxy) is 1. The van der Waals surface area contributed by atoms with Crippen molar-refractivity contribution in [2.45, 2.75) is 103 Å². The second-order valence-electron chi connectivity index (χ2n) is 10.6. The Balaban J connectivity index is 1.40. The molecular formula is C30H46N2O7. The topological polar surface area (TPSA) is 142 Å². The highest BCUT2D eigenvalue weighted by atomic mass is 16.5. The van der Waals surface area contributed by atoms with E-state index in [-0.39, 0.29) is 23.3 Å². The predicted octanol–water partition coefficient (Wildman–Crippen LogP) is 5.18. The van der Waals surface area contributed by atoms with Gasteiger partial charge in [-0.25, -0.2) is 9.59 Å². The number of carbonyl (C=O) groups is 4. The monoisotopic (exact) mass is 546 g/mol. The molecule has 2 rings (SSSR count). The number of aliphatic carboxylic acids is 1. The average molecular weight is 547 g/mol. The number of carboxylic acid groups (broad SMARTS) is 2. The fraction of sp³-hybridized carbons (Fsp3) is 0.667. The van der Waals surface area contributed by atoms with Gasteiger partial charge < -0.3 is 25.6 Å². The maximum absolute atomic E-state index is 12.3. The zero-order valence-electron chi connectivity index (χ0n) is 23.3. The van der Waals surface area contributed by atoms with Crippen LogP contribution >= 0.6 is 0 Å². The van der Waals surface area contributed by atoms with Crippen LogP contribution in [-0.2, 0) is 14.4 Å². The summed E-state index contributed by atoms with van der Waals surface area (Å²) in [4.78, 5) is 46.5. The van der Waals surface area contributed by atoms with Crippen molar-refractivity contribution in [3.63, 3.8) is 0 Å². The molecule has 1 aromatic rings. The standard InChI is InChI=1S/C30H46N2O7/c1-2-26(30(37)38)32-28(34)23-14-12-22(13-15-23)21-31-27(33)11-9-7-5-3-4-6-8-10-20-39-25-18-16-24(17-19-25)29(35)36/h16-19,22-23,26H,2-15,20-21H2,1H3,(H,31,33)(H,32,34)(H,35,36)(H,37,38)/t22-,23-,26-/m0/s1. The zero-order chi connectivity index (χ0) is 28.5. The first-order valence-electron chi connectivity index (χ1n) is 14.6. The number of hydrogen-bond acceptors (Lipinski definition) is 5. The second-order valence-corrected chi connectivity index (χ2v) is 10.6. The van der Waals surface area contributed by atoms with Crippen molar-refractivity contribution < 1.29 is 34.1 Å². The molecule has 1 fully saturated rings. The molecule has 1 atom stereocenters. The zero-order valence-corrected chi connectivity index (χ0v) is 23.3. The fourth-order valence-electron chi connectivity index (χ4n) is 4.94. The molecule has 4 N–H and O–H groups in total. The number of unbranched alkanes of at least 4 members (excludes halogenated alkanes) is 7. The Kier molecular flexibility index (Phi) is 15.0. The summed E-state index contributed by atoms with van der Waals surface area (Å²) in [6.45, 7) is 3.02. The molecule has 1 aliphatic rings. The summed E-state index contributed by atoms with van der Waals surface area (Å²) in [5.41, 5.74) is 0.257. The third-order valence-corrected chi connectivity index (χ3v) is 7.50. The van der Waals surface area contributed by atoms with Crippen molar-refractivity contribution in [3.8, 4) is 5.75 Å². The average Bonchev–Trinajstić information content (AvgIpc) is 2.93. The van der Waals surface area contributed by atoms with Crippen LogP contribution in [0.4, 0.5) is 0 Å². The molecule has 0 bridgehead atoms. The van der Waals surface area contributed by atoms with E-state index in [9.17, 15) is 19.2 Å². The Bertz CT molecular complexity index is 895. The number of benzene rings is 1. The summed E-state index contributed by atoms with van der Waals surface area (Å²) in [5, 5.41) is 23.7. The maximum Gasteiger partial charge on any atom is 0.335 e. The Morgan fingerprint density at radius 3 is 2.03 bits per heavy atom. The molecule has 2 amide bonds. The summed E-state index contributed by atoms with van der Waals surface area (Å²) in [7, 11) is 0. The van der Waals surface area contributed by atoms with Crippen LogP contribution in [0.15, 0.2) is 24.3 Å². The molecule has 0 aliphatic heterocycles. The minimum absolute atomic E-state index is 0.0970.